The molecule has 1 aliphatic heterocycles. The van der Waals surface area contributed by atoms with Crippen molar-refractivity contribution in [2.45, 2.75) is 96.4 Å². The van der Waals surface area contributed by atoms with Crippen LogP contribution in [0.25, 0.3) is 0 Å². The SMILES string of the molecule is CCCCCCCCCCCC(=O)O[C@H]1CC[C@@H](COC(=O)CN(C)C)O1. The van der Waals surface area contributed by atoms with Crippen LogP contribution in [0.1, 0.15) is 84.0 Å². The van der Waals surface area contributed by atoms with E-state index in [0.717, 1.165) is 19.3 Å². The molecule has 2 atom stereocenters. The summed E-state index contributed by atoms with van der Waals surface area (Å²) in [5, 5.41) is 0. The summed E-state index contributed by atoms with van der Waals surface area (Å²) in [6.07, 6.45) is 12.2. The van der Waals surface area contributed by atoms with Crippen LogP contribution in [0.15, 0.2) is 0 Å². The predicted molar refractivity (Wildman–Crippen MR) is 105 cm³/mol. The molecule has 0 bridgehead atoms. The molecule has 1 aliphatic rings. The van der Waals surface area contributed by atoms with E-state index in [0.29, 0.717) is 12.8 Å². The van der Waals surface area contributed by atoms with Crippen molar-refractivity contribution in [1.82, 2.24) is 4.90 Å². The average molecular weight is 386 g/mol. The normalized spacial score (nSPS) is 19.4. The van der Waals surface area contributed by atoms with E-state index in [1.54, 1.807) is 4.90 Å². The largest absolute Gasteiger partial charge is 0.462 e. The first kappa shape index (κ1) is 23.9. The zero-order chi connectivity index (χ0) is 19.9. The molecule has 1 rings (SSSR count). The van der Waals surface area contributed by atoms with Gasteiger partial charge in [-0.25, -0.2) is 0 Å². The number of nitrogens with zero attached hydrogens (tertiary/aromatic N) is 1. The molecule has 0 aromatic carbocycles. The van der Waals surface area contributed by atoms with E-state index in [9.17, 15) is 9.59 Å². The van der Waals surface area contributed by atoms with Gasteiger partial charge < -0.3 is 14.2 Å². The summed E-state index contributed by atoms with van der Waals surface area (Å²) in [5.74, 6) is -0.456. The van der Waals surface area contributed by atoms with Crippen molar-refractivity contribution in [3.05, 3.63) is 0 Å². The Balaban J connectivity index is 1.99. The minimum Gasteiger partial charge on any atom is -0.462 e. The summed E-state index contributed by atoms with van der Waals surface area (Å²) >= 11 is 0. The number of hydrogen-bond donors (Lipinski definition) is 0. The highest BCUT2D eigenvalue weighted by Gasteiger charge is 2.29. The highest BCUT2D eigenvalue weighted by atomic mass is 16.7. The van der Waals surface area contributed by atoms with Crippen molar-refractivity contribution < 1.29 is 23.8 Å². The number of esters is 2. The van der Waals surface area contributed by atoms with E-state index in [-0.39, 0.29) is 31.2 Å². The van der Waals surface area contributed by atoms with Gasteiger partial charge in [0.05, 0.1) is 12.6 Å². The number of unbranched alkanes of at least 4 members (excludes halogenated alkanes) is 8. The van der Waals surface area contributed by atoms with Gasteiger partial charge in [-0.05, 0) is 26.9 Å². The first-order valence-corrected chi connectivity index (χ1v) is 10.7. The smallest absolute Gasteiger partial charge is 0.320 e. The first-order chi connectivity index (χ1) is 13.0. The topological polar surface area (TPSA) is 65.1 Å². The molecule has 1 saturated heterocycles. The lowest BCUT2D eigenvalue weighted by atomic mass is 10.1. The van der Waals surface area contributed by atoms with Gasteiger partial charge in [-0.3, -0.25) is 14.5 Å². The average Bonchev–Trinajstić information content (AvgIpc) is 3.05. The third-order valence-electron chi connectivity index (χ3n) is 4.69. The van der Waals surface area contributed by atoms with Crippen LogP contribution in [0.4, 0.5) is 0 Å². The van der Waals surface area contributed by atoms with E-state index < -0.39 is 6.29 Å². The maximum atomic E-state index is 11.9. The Morgan fingerprint density at radius 1 is 0.926 bits per heavy atom. The lowest BCUT2D eigenvalue weighted by molar-refractivity contribution is -0.180. The van der Waals surface area contributed by atoms with E-state index >= 15 is 0 Å². The van der Waals surface area contributed by atoms with Gasteiger partial charge in [0.25, 0.3) is 0 Å². The van der Waals surface area contributed by atoms with Crippen molar-refractivity contribution in [3.63, 3.8) is 0 Å². The molecule has 6 heteroatoms. The zero-order valence-electron chi connectivity index (χ0n) is 17.5. The highest BCUT2D eigenvalue weighted by molar-refractivity contribution is 5.71. The second-order valence-corrected chi connectivity index (χ2v) is 7.75. The number of likely N-dealkylation sites (N-methyl/N-ethyl adjacent to an activating group) is 1. The fraction of sp³-hybridized carbons (Fsp3) is 0.905. The van der Waals surface area contributed by atoms with Crippen LogP contribution in [0, 0.1) is 0 Å². The standard InChI is InChI=1S/C21H39NO5/c1-4-5-6-7-8-9-10-11-12-13-19(23)27-21-15-14-18(26-21)17-25-20(24)16-22(2)3/h18,21H,4-17H2,1-3H3/t18-,21-/m0/s1. The fourth-order valence-electron chi connectivity index (χ4n) is 3.16. The number of carbonyl (C=O) groups excluding carboxylic acids is 2. The van der Waals surface area contributed by atoms with Crippen LogP contribution in [-0.4, -0.2) is 56.5 Å². The Morgan fingerprint density at radius 2 is 1.56 bits per heavy atom. The van der Waals surface area contributed by atoms with Crippen LogP contribution in [-0.2, 0) is 23.8 Å². The Hall–Kier alpha value is -1.14. The minimum absolute atomic E-state index is 0.179. The number of rotatable bonds is 15. The Labute approximate surface area is 164 Å². The van der Waals surface area contributed by atoms with Gasteiger partial charge in [0.2, 0.25) is 6.29 Å². The molecule has 6 nitrogen and oxygen atoms in total. The van der Waals surface area contributed by atoms with Crippen molar-refractivity contribution in [2.24, 2.45) is 0 Å². The first-order valence-electron chi connectivity index (χ1n) is 10.7. The molecular weight excluding hydrogens is 346 g/mol. The molecule has 0 unspecified atom stereocenters. The van der Waals surface area contributed by atoms with E-state index in [1.807, 2.05) is 14.1 Å². The molecule has 0 saturated carbocycles. The molecular formula is C21H39NO5. The van der Waals surface area contributed by atoms with Crippen molar-refractivity contribution in [1.29, 1.82) is 0 Å². The second kappa shape index (κ2) is 14.9. The maximum Gasteiger partial charge on any atom is 0.320 e. The Kier molecular flexibility index (Phi) is 13.2. The van der Waals surface area contributed by atoms with Gasteiger partial charge >= 0.3 is 11.9 Å². The number of ether oxygens (including phenoxy) is 3. The molecule has 1 fully saturated rings. The van der Waals surface area contributed by atoms with Crippen LogP contribution in [0.3, 0.4) is 0 Å². The van der Waals surface area contributed by atoms with Gasteiger partial charge in [0, 0.05) is 12.8 Å². The van der Waals surface area contributed by atoms with Gasteiger partial charge in [-0.1, -0.05) is 58.3 Å². The zero-order valence-corrected chi connectivity index (χ0v) is 17.5. The van der Waals surface area contributed by atoms with Gasteiger partial charge in [0.1, 0.15) is 6.61 Å². The van der Waals surface area contributed by atoms with Crippen LogP contribution < -0.4 is 0 Å². The summed E-state index contributed by atoms with van der Waals surface area (Å²) in [4.78, 5) is 25.2. The summed E-state index contributed by atoms with van der Waals surface area (Å²) in [6, 6.07) is 0. The third kappa shape index (κ3) is 12.8. The van der Waals surface area contributed by atoms with Crippen molar-refractivity contribution in [3.8, 4) is 0 Å². The summed E-state index contributed by atoms with van der Waals surface area (Å²) in [7, 11) is 3.63. The lowest BCUT2D eigenvalue weighted by Gasteiger charge is -2.15. The summed E-state index contributed by atoms with van der Waals surface area (Å²) in [5.41, 5.74) is 0. The van der Waals surface area contributed by atoms with Crippen molar-refractivity contribution in [2.75, 3.05) is 27.2 Å². The number of carbonyl (C=O) groups is 2. The number of hydrogen-bond acceptors (Lipinski definition) is 6. The molecule has 1 heterocycles. The van der Waals surface area contributed by atoms with E-state index in [4.69, 9.17) is 14.2 Å². The maximum absolute atomic E-state index is 11.9. The minimum atomic E-state index is -0.492. The molecule has 0 aromatic heterocycles. The van der Waals surface area contributed by atoms with Gasteiger partial charge in [0.15, 0.2) is 0 Å². The summed E-state index contributed by atoms with van der Waals surface area (Å²) in [6.45, 7) is 2.71. The predicted octanol–water partition coefficient (Wildman–Crippen LogP) is 4.06. The molecule has 158 valence electrons. The highest BCUT2D eigenvalue weighted by Crippen LogP contribution is 2.22. The quantitative estimate of drug-likeness (QED) is 0.313. The second-order valence-electron chi connectivity index (χ2n) is 7.75. The molecule has 0 aliphatic carbocycles. The van der Waals surface area contributed by atoms with E-state index in [1.165, 1.54) is 44.9 Å². The molecule has 27 heavy (non-hydrogen) atoms. The molecule has 0 N–H and O–H groups in total. The van der Waals surface area contributed by atoms with Gasteiger partial charge in [-0.2, -0.15) is 0 Å². The Bertz CT molecular complexity index is 413. The molecule has 0 radical (unpaired) electrons. The van der Waals surface area contributed by atoms with Crippen LogP contribution >= 0.6 is 0 Å². The summed E-state index contributed by atoms with van der Waals surface area (Å²) < 4.78 is 16.2. The van der Waals surface area contributed by atoms with Crippen molar-refractivity contribution >= 4 is 11.9 Å². The molecule has 0 aromatic rings. The fourth-order valence-corrected chi connectivity index (χ4v) is 3.16. The van der Waals surface area contributed by atoms with E-state index in [2.05, 4.69) is 6.92 Å². The third-order valence-corrected chi connectivity index (χ3v) is 4.69. The monoisotopic (exact) mass is 385 g/mol. The molecule has 0 spiro atoms. The Morgan fingerprint density at radius 3 is 2.19 bits per heavy atom. The molecule has 0 amide bonds. The van der Waals surface area contributed by atoms with Crippen LogP contribution in [0.2, 0.25) is 0 Å². The van der Waals surface area contributed by atoms with Gasteiger partial charge in [-0.15, -0.1) is 0 Å². The lowest BCUT2D eigenvalue weighted by Crippen LogP contribution is -2.27. The van der Waals surface area contributed by atoms with Crippen LogP contribution in [0.5, 0.6) is 0 Å².